The summed E-state index contributed by atoms with van der Waals surface area (Å²) in [6.07, 6.45) is 1.45. The van der Waals surface area contributed by atoms with Crippen molar-refractivity contribution >= 4 is 11.6 Å². The predicted octanol–water partition coefficient (Wildman–Crippen LogP) is 4.09. The Morgan fingerprint density at radius 1 is 1.06 bits per heavy atom. The van der Waals surface area contributed by atoms with E-state index in [4.69, 9.17) is 16.3 Å². The van der Waals surface area contributed by atoms with Gasteiger partial charge in [0.2, 0.25) is 0 Å². The number of piperazine rings is 1. The molecule has 0 bridgehead atoms. The van der Waals surface area contributed by atoms with Crippen LogP contribution >= 0.6 is 11.6 Å². The van der Waals surface area contributed by atoms with Gasteiger partial charge in [-0.2, -0.15) is 5.10 Å². The van der Waals surface area contributed by atoms with E-state index in [1.165, 1.54) is 17.9 Å². The molecule has 6 nitrogen and oxygen atoms in total. The summed E-state index contributed by atoms with van der Waals surface area (Å²) in [5.74, 6) is -0.284. The third-order valence-electron chi connectivity index (χ3n) is 6.26. The van der Waals surface area contributed by atoms with Crippen LogP contribution in [0.25, 0.3) is 11.3 Å². The average molecular weight is 485 g/mol. The SMILES string of the molecule is COc1ccc(-c2cc(CN3CCN(C)CC3)c(=O)n(CCCc3ccccc3Cl)n2)cc1F. The van der Waals surface area contributed by atoms with Gasteiger partial charge in [0.1, 0.15) is 0 Å². The highest BCUT2D eigenvalue weighted by atomic mass is 35.5. The largest absolute Gasteiger partial charge is 0.494 e. The fourth-order valence-electron chi connectivity index (χ4n) is 4.20. The minimum Gasteiger partial charge on any atom is -0.494 e. The van der Waals surface area contributed by atoms with Crippen molar-refractivity contribution in [2.24, 2.45) is 0 Å². The summed E-state index contributed by atoms with van der Waals surface area (Å²) in [5, 5.41) is 5.32. The number of halogens is 2. The van der Waals surface area contributed by atoms with Crippen LogP contribution in [0.2, 0.25) is 5.02 Å². The summed E-state index contributed by atoms with van der Waals surface area (Å²) in [6, 6.07) is 14.3. The van der Waals surface area contributed by atoms with Crippen molar-refractivity contribution in [2.45, 2.75) is 25.9 Å². The fourth-order valence-corrected chi connectivity index (χ4v) is 4.43. The lowest BCUT2D eigenvalue weighted by Gasteiger charge is -2.32. The fraction of sp³-hybridized carbons (Fsp3) is 0.385. The van der Waals surface area contributed by atoms with Crippen molar-refractivity contribution in [1.29, 1.82) is 0 Å². The number of hydrogen-bond acceptors (Lipinski definition) is 5. The van der Waals surface area contributed by atoms with E-state index < -0.39 is 5.82 Å². The monoisotopic (exact) mass is 484 g/mol. The Morgan fingerprint density at radius 2 is 1.82 bits per heavy atom. The summed E-state index contributed by atoms with van der Waals surface area (Å²) in [4.78, 5) is 17.9. The van der Waals surface area contributed by atoms with E-state index in [1.807, 2.05) is 24.3 Å². The minimum atomic E-state index is -0.459. The molecule has 8 heteroatoms. The first-order valence-electron chi connectivity index (χ1n) is 11.5. The normalized spacial score (nSPS) is 14.9. The molecule has 0 atom stereocenters. The van der Waals surface area contributed by atoms with E-state index in [2.05, 4.69) is 21.9 Å². The van der Waals surface area contributed by atoms with Crippen molar-refractivity contribution < 1.29 is 9.13 Å². The van der Waals surface area contributed by atoms with Gasteiger partial charge in [-0.1, -0.05) is 29.8 Å². The number of nitrogens with zero attached hydrogens (tertiary/aromatic N) is 4. The number of methoxy groups -OCH3 is 1. The van der Waals surface area contributed by atoms with E-state index in [0.717, 1.165) is 43.2 Å². The van der Waals surface area contributed by atoms with Gasteiger partial charge in [0.05, 0.1) is 12.8 Å². The van der Waals surface area contributed by atoms with E-state index >= 15 is 0 Å². The van der Waals surface area contributed by atoms with Crippen LogP contribution in [0.5, 0.6) is 5.75 Å². The maximum absolute atomic E-state index is 14.4. The van der Waals surface area contributed by atoms with Gasteiger partial charge < -0.3 is 9.64 Å². The molecule has 1 aliphatic rings. The van der Waals surface area contributed by atoms with Crippen LogP contribution in [0.3, 0.4) is 0 Å². The second kappa shape index (κ2) is 11.1. The Morgan fingerprint density at radius 3 is 2.53 bits per heavy atom. The highest BCUT2D eigenvalue weighted by molar-refractivity contribution is 6.31. The van der Waals surface area contributed by atoms with E-state index in [0.29, 0.717) is 36.3 Å². The van der Waals surface area contributed by atoms with Gasteiger partial charge >= 0.3 is 0 Å². The van der Waals surface area contributed by atoms with Gasteiger partial charge in [-0.05, 0) is 55.8 Å². The quantitative estimate of drug-likeness (QED) is 0.482. The summed E-state index contributed by atoms with van der Waals surface area (Å²) >= 11 is 6.29. The molecule has 0 aliphatic carbocycles. The summed E-state index contributed by atoms with van der Waals surface area (Å²) in [7, 11) is 3.54. The Balaban J connectivity index is 1.62. The molecule has 0 spiro atoms. The zero-order valence-corrected chi connectivity index (χ0v) is 20.4. The van der Waals surface area contributed by atoms with Gasteiger partial charge in [-0.3, -0.25) is 9.69 Å². The predicted molar refractivity (Wildman–Crippen MR) is 133 cm³/mol. The summed E-state index contributed by atoms with van der Waals surface area (Å²) < 4.78 is 21.0. The molecule has 0 unspecified atom stereocenters. The van der Waals surface area contributed by atoms with Gasteiger partial charge in [0.25, 0.3) is 5.56 Å². The number of aryl methyl sites for hydroxylation is 2. The number of rotatable bonds is 8. The lowest BCUT2D eigenvalue weighted by molar-refractivity contribution is 0.147. The number of hydrogen-bond donors (Lipinski definition) is 0. The molecule has 3 aromatic rings. The molecule has 0 saturated carbocycles. The van der Waals surface area contributed by atoms with Crippen LogP contribution in [0.15, 0.2) is 53.3 Å². The van der Waals surface area contributed by atoms with Gasteiger partial charge in [0.15, 0.2) is 11.6 Å². The van der Waals surface area contributed by atoms with Crippen LogP contribution in [-0.2, 0) is 19.5 Å². The second-order valence-corrected chi connectivity index (χ2v) is 9.11. The first-order valence-corrected chi connectivity index (χ1v) is 11.9. The average Bonchev–Trinajstić information content (AvgIpc) is 2.83. The molecular formula is C26H30ClFN4O2. The number of likely N-dealkylation sites (N-methyl/N-ethyl adjacent to an activating group) is 1. The van der Waals surface area contributed by atoms with E-state index in [1.54, 1.807) is 18.2 Å². The van der Waals surface area contributed by atoms with Crippen molar-refractivity contribution in [3.8, 4) is 17.0 Å². The topological polar surface area (TPSA) is 50.6 Å². The first-order chi connectivity index (χ1) is 16.4. The van der Waals surface area contributed by atoms with Crippen molar-refractivity contribution in [3.63, 3.8) is 0 Å². The molecule has 4 rings (SSSR count). The van der Waals surface area contributed by atoms with E-state index in [-0.39, 0.29) is 11.3 Å². The lowest BCUT2D eigenvalue weighted by Crippen LogP contribution is -2.45. The molecule has 0 radical (unpaired) electrons. The molecular weight excluding hydrogens is 455 g/mol. The van der Waals surface area contributed by atoms with Gasteiger partial charge in [-0.15, -0.1) is 0 Å². The van der Waals surface area contributed by atoms with E-state index in [9.17, 15) is 9.18 Å². The molecule has 1 aliphatic heterocycles. The van der Waals surface area contributed by atoms with Crippen LogP contribution < -0.4 is 10.3 Å². The number of aromatic nitrogens is 2. The number of ether oxygens (including phenoxy) is 1. The zero-order valence-electron chi connectivity index (χ0n) is 19.6. The Labute approximate surface area is 204 Å². The van der Waals surface area contributed by atoms with Crippen molar-refractivity contribution in [2.75, 3.05) is 40.3 Å². The summed E-state index contributed by atoms with van der Waals surface area (Å²) in [5.41, 5.74) is 2.79. The molecule has 34 heavy (non-hydrogen) atoms. The highest BCUT2D eigenvalue weighted by Gasteiger charge is 2.18. The number of benzene rings is 2. The third-order valence-corrected chi connectivity index (χ3v) is 6.63. The second-order valence-electron chi connectivity index (χ2n) is 8.71. The lowest BCUT2D eigenvalue weighted by atomic mass is 10.1. The highest BCUT2D eigenvalue weighted by Crippen LogP contribution is 2.25. The third kappa shape index (κ3) is 5.84. The van der Waals surface area contributed by atoms with Crippen LogP contribution in [0.4, 0.5) is 4.39 Å². The minimum absolute atomic E-state index is 0.101. The molecule has 1 aromatic heterocycles. The van der Waals surface area contributed by atoms with Crippen molar-refractivity contribution in [3.05, 3.63) is 80.9 Å². The Hall–Kier alpha value is -2.74. The van der Waals surface area contributed by atoms with Crippen LogP contribution in [0.1, 0.15) is 17.5 Å². The van der Waals surface area contributed by atoms with Crippen LogP contribution in [0, 0.1) is 5.82 Å². The Bertz CT molecular complexity index is 1190. The maximum Gasteiger partial charge on any atom is 0.271 e. The smallest absolute Gasteiger partial charge is 0.271 e. The Kier molecular flexibility index (Phi) is 7.98. The molecule has 1 fully saturated rings. The first kappa shape index (κ1) is 24.4. The molecule has 0 amide bonds. The standard InChI is InChI=1S/C26H30ClFN4O2/c1-30-12-14-31(15-13-30)18-21-17-24(20-9-10-25(34-2)23(28)16-20)29-32(26(21)33)11-5-7-19-6-3-4-8-22(19)27/h3-4,6,8-10,16-17H,5,7,11-15,18H2,1-2H3. The van der Waals surface area contributed by atoms with Gasteiger partial charge in [0, 0.05) is 55.4 Å². The molecule has 0 N–H and O–H groups in total. The molecule has 180 valence electrons. The zero-order chi connectivity index (χ0) is 24.1. The molecule has 1 saturated heterocycles. The van der Waals surface area contributed by atoms with Gasteiger partial charge in [-0.25, -0.2) is 9.07 Å². The van der Waals surface area contributed by atoms with Crippen molar-refractivity contribution in [1.82, 2.24) is 19.6 Å². The molecule has 2 heterocycles. The molecule has 2 aromatic carbocycles. The maximum atomic E-state index is 14.4. The summed E-state index contributed by atoms with van der Waals surface area (Å²) in [6.45, 7) is 4.73. The van der Waals surface area contributed by atoms with Crippen LogP contribution in [-0.4, -0.2) is 59.9 Å².